The first kappa shape index (κ1) is 16.0. The highest BCUT2D eigenvalue weighted by atomic mass is 16.1. The van der Waals surface area contributed by atoms with Crippen LogP contribution < -0.4 is 5.32 Å². The number of hydrogen-bond acceptors (Lipinski definition) is 3. The normalized spacial score (nSPS) is 11.0. The first-order chi connectivity index (χ1) is 11.5. The zero-order valence-corrected chi connectivity index (χ0v) is 14.3. The van der Waals surface area contributed by atoms with Crippen LogP contribution in [-0.4, -0.2) is 25.5 Å². The number of rotatable bonds is 4. The smallest absolute Gasteiger partial charge is 0.256 e. The third kappa shape index (κ3) is 3.08. The Morgan fingerprint density at radius 3 is 2.42 bits per heavy atom. The second-order valence-electron chi connectivity index (χ2n) is 6.09. The number of benzene rings is 1. The van der Waals surface area contributed by atoms with E-state index in [1.165, 1.54) is 0 Å². The quantitative estimate of drug-likeness (QED) is 0.799. The van der Waals surface area contributed by atoms with Crippen LogP contribution in [0.1, 0.15) is 41.6 Å². The minimum Gasteiger partial charge on any atom is -0.307 e. The van der Waals surface area contributed by atoms with Crippen LogP contribution in [0, 0.1) is 13.8 Å². The second-order valence-corrected chi connectivity index (χ2v) is 6.09. The second kappa shape index (κ2) is 6.31. The predicted molar refractivity (Wildman–Crippen MR) is 93.6 cm³/mol. The Balaban J connectivity index is 1.79. The molecule has 1 amide bonds. The van der Waals surface area contributed by atoms with Gasteiger partial charge in [-0.1, -0.05) is 0 Å². The van der Waals surface area contributed by atoms with Gasteiger partial charge in [-0.3, -0.25) is 4.79 Å². The molecule has 3 rings (SSSR count). The van der Waals surface area contributed by atoms with Gasteiger partial charge in [0.25, 0.3) is 5.91 Å². The largest absolute Gasteiger partial charge is 0.307 e. The highest BCUT2D eigenvalue weighted by molar-refractivity contribution is 6.03. The van der Waals surface area contributed by atoms with E-state index in [4.69, 9.17) is 0 Å². The van der Waals surface area contributed by atoms with E-state index in [9.17, 15) is 4.79 Å². The van der Waals surface area contributed by atoms with Gasteiger partial charge in [0, 0.05) is 23.4 Å². The zero-order chi connectivity index (χ0) is 17.3. The lowest BCUT2D eigenvalue weighted by Crippen LogP contribution is -2.16. The standard InChI is InChI=1S/C18H21N5O/c1-12(2)22-17(9-10-19-22)20-18(24)15-5-7-16(8-6-15)23-14(4)11-13(3)21-23/h5-12H,1-4H3,(H,20,24). The highest BCUT2D eigenvalue weighted by Crippen LogP contribution is 2.16. The summed E-state index contributed by atoms with van der Waals surface area (Å²) in [5.74, 6) is 0.537. The van der Waals surface area contributed by atoms with Gasteiger partial charge in [0.15, 0.2) is 0 Å². The van der Waals surface area contributed by atoms with Crippen molar-refractivity contribution in [3.63, 3.8) is 0 Å². The topological polar surface area (TPSA) is 64.7 Å². The fourth-order valence-corrected chi connectivity index (χ4v) is 2.66. The van der Waals surface area contributed by atoms with Crippen molar-refractivity contribution in [2.45, 2.75) is 33.7 Å². The molecule has 0 saturated heterocycles. The van der Waals surface area contributed by atoms with Crippen molar-refractivity contribution in [3.8, 4) is 5.69 Å². The maximum atomic E-state index is 12.4. The molecule has 6 heteroatoms. The molecule has 0 bridgehead atoms. The van der Waals surface area contributed by atoms with Crippen LogP contribution in [0.4, 0.5) is 5.82 Å². The van der Waals surface area contributed by atoms with Gasteiger partial charge in [0.1, 0.15) is 5.82 Å². The number of aromatic nitrogens is 4. The van der Waals surface area contributed by atoms with Crippen LogP contribution in [0.2, 0.25) is 0 Å². The summed E-state index contributed by atoms with van der Waals surface area (Å²) in [6, 6.07) is 11.4. The summed E-state index contributed by atoms with van der Waals surface area (Å²) < 4.78 is 3.65. The van der Waals surface area contributed by atoms with E-state index < -0.39 is 0 Å². The summed E-state index contributed by atoms with van der Waals surface area (Å²) >= 11 is 0. The highest BCUT2D eigenvalue weighted by Gasteiger charge is 2.12. The summed E-state index contributed by atoms with van der Waals surface area (Å²) in [7, 11) is 0. The van der Waals surface area contributed by atoms with E-state index in [1.807, 2.05) is 50.6 Å². The van der Waals surface area contributed by atoms with Crippen molar-refractivity contribution in [1.82, 2.24) is 19.6 Å². The Kier molecular flexibility index (Phi) is 4.20. The summed E-state index contributed by atoms with van der Waals surface area (Å²) in [4.78, 5) is 12.4. The molecule has 0 saturated carbocycles. The monoisotopic (exact) mass is 323 g/mol. The fraction of sp³-hybridized carbons (Fsp3) is 0.278. The Labute approximate surface area is 141 Å². The summed E-state index contributed by atoms with van der Waals surface area (Å²) in [5, 5.41) is 11.6. The van der Waals surface area contributed by atoms with E-state index in [0.717, 1.165) is 17.1 Å². The molecule has 6 nitrogen and oxygen atoms in total. The average molecular weight is 323 g/mol. The van der Waals surface area contributed by atoms with Crippen LogP contribution in [0.5, 0.6) is 0 Å². The molecule has 0 radical (unpaired) electrons. The molecule has 0 spiro atoms. The molecule has 124 valence electrons. The molecule has 1 aromatic carbocycles. The van der Waals surface area contributed by atoms with Crippen LogP contribution in [-0.2, 0) is 0 Å². The lowest BCUT2D eigenvalue weighted by atomic mass is 10.2. The lowest BCUT2D eigenvalue weighted by molar-refractivity contribution is 0.102. The van der Waals surface area contributed by atoms with Crippen LogP contribution in [0.15, 0.2) is 42.6 Å². The zero-order valence-electron chi connectivity index (χ0n) is 14.3. The maximum Gasteiger partial charge on any atom is 0.256 e. The number of hydrogen-bond donors (Lipinski definition) is 1. The molecule has 24 heavy (non-hydrogen) atoms. The van der Waals surface area contributed by atoms with E-state index >= 15 is 0 Å². The Hall–Kier alpha value is -2.89. The molecule has 2 heterocycles. The minimum absolute atomic E-state index is 0.155. The number of aryl methyl sites for hydroxylation is 2. The van der Waals surface area contributed by atoms with E-state index in [1.54, 1.807) is 29.1 Å². The molecule has 0 aliphatic carbocycles. The van der Waals surface area contributed by atoms with Crippen LogP contribution in [0.3, 0.4) is 0 Å². The third-order valence-corrected chi connectivity index (χ3v) is 3.78. The van der Waals surface area contributed by atoms with Crippen LogP contribution in [0.25, 0.3) is 5.69 Å². The molecule has 0 aliphatic heterocycles. The van der Waals surface area contributed by atoms with Gasteiger partial charge >= 0.3 is 0 Å². The summed E-state index contributed by atoms with van der Waals surface area (Å²) in [5.41, 5.74) is 3.56. The predicted octanol–water partition coefficient (Wildman–Crippen LogP) is 3.52. The van der Waals surface area contributed by atoms with Gasteiger partial charge in [0.05, 0.1) is 17.6 Å². The number of carbonyl (C=O) groups is 1. The molecular weight excluding hydrogens is 302 g/mol. The van der Waals surface area contributed by atoms with Gasteiger partial charge in [0.2, 0.25) is 0 Å². The molecule has 0 atom stereocenters. The van der Waals surface area contributed by atoms with Crippen molar-refractivity contribution in [3.05, 3.63) is 59.5 Å². The average Bonchev–Trinajstić information content (AvgIpc) is 3.13. The number of amides is 1. The van der Waals surface area contributed by atoms with Crippen molar-refractivity contribution >= 4 is 11.7 Å². The molecule has 0 unspecified atom stereocenters. The molecule has 0 fully saturated rings. The van der Waals surface area contributed by atoms with E-state index in [2.05, 4.69) is 15.5 Å². The maximum absolute atomic E-state index is 12.4. The number of anilines is 1. The minimum atomic E-state index is -0.155. The number of carbonyl (C=O) groups excluding carboxylic acids is 1. The van der Waals surface area contributed by atoms with Crippen molar-refractivity contribution in [2.24, 2.45) is 0 Å². The number of nitrogens with one attached hydrogen (secondary N) is 1. The molecule has 2 aromatic heterocycles. The van der Waals surface area contributed by atoms with Gasteiger partial charge in [-0.25, -0.2) is 9.36 Å². The summed E-state index contributed by atoms with van der Waals surface area (Å²) in [6.07, 6.45) is 1.68. The molecule has 1 N–H and O–H groups in total. The summed E-state index contributed by atoms with van der Waals surface area (Å²) in [6.45, 7) is 8.01. The van der Waals surface area contributed by atoms with Crippen molar-refractivity contribution in [2.75, 3.05) is 5.32 Å². The SMILES string of the molecule is Cc1cc(C)n(-c2ccc(C(=O)Nc3ccnn3C(C)C)cc2)n1. The van der Waals surface area contributed by atoms with E-state index in [0.29, 0.717) is 11.4 Å². The van der Waals surface area contributed by atoms with Gasteiger partial charge in [-0.05, 0) is 58.0 Å². The van der Waals surface area contributed by atoms with Gasteiger partial charge < -0.3 is 5.32 Å². The Morgan fingerprint density at radius 2 is 1.83 bits per heavy atom. The van der Waals surface area contributed by atoms with Crippen LogP contribution >= 0.6 is 0 Å². The molecule has 3 aromatic rings. The van der Waals surface area contributed by atoms with Crippen molar-refractivity contribution in [1.29, 1.82) is 0 Å². The van der Waals surface area contributed by atoms with Gasteiger partial charge in [-0.2, -0.15) is 10.2 Å². The number of nitrogens with zero attached hydrogens (tertiary/aromatic N) is 4. The van der Waals surface area contributed by atoms with Crippen molar-refractivity contribution < 1.29 is 4.79 Å². The fourth-order valence-electron chi connectivity index (χ4n) is 2.66. The Bertz CT molecular complexity index is 858. The van der Waals surface area contributed by atoms with Gasteiger partial charge in [-0.15, -0.1) is 0 Å². The molecular formula is C18H21N5O. The Morgan fingerprint density at radius 1 is 1.12 bits per heavy atom. The lowest BCUT2D eigenvalue weighted by Gasteiger charge is -2.12. The first-order valence-electron chi connectivity index (χ1n) is 7.94. The van der Waals surface area contributed by atoms with E-state index in [-0.39, 0.29) is 11.9 Å². The first-order valence-corrected chi connectivity index (χ1v) is 7.94. The molecule has 0 aliphatic rings. The third-order valence-electron chi connectivity index (χ3n) is 3.78.